The number of hydrazine groups is 1. The van der Waals surface area contributed by atoms with Crippen molar-refractivity contribution < 1.29 is 18.0 Å². The number of nitrogens with two attached hydrogens (primary N) is 1. The van der Waals surface area contributed by atoms with Gasteiger partial charge in [-0.25, -0.2) is 15.8 Å². The van der Waals surface area contributed by atoms with Gasteiger partial charge in [-0.3, -0.25) is 4.79 Å². The van der Waals surface area contributed by atoms with Crippen molar-refractivity contribution in [3.8, 4) is 0 Å². The molecule has 2 rings (SSSR count). The largest absolute Gasteiger partial charge is 0.434 e. The molecule has 1 heterocycles. The van der Waals surface area contributed by atoms with Crippen molar-refractivity contribution in [1.29, 1.82) is 0 Å². The SMILES string of the molecule is NN(C(=O)c1cccc(Br)c1)c1nc(C(F)(F)F)cs1. The molecule has 1 amide bonds. The maximum atomic E-state index is 12.4. The monoisotopic (exact) mass is 365 g/mol. The first kappa shape index (κ1) is 14.9. The summed E-state index contributed by atoms with van der Waals surface area (Å²) in [5, 5.41) is 1.19. The summed E-state index contributed by atoms with van der Waals surface area (Å²) < 4.78 is 38.0. The fourth-order valence-corrected chi connectivity index (χ4v) is 2.50. The van der Waals surface area contributed by atoms with Gasteiger partial charge >= 0.3 is 6.18 Å². The standard InChI is InChI=1S/C11H7BrF3N3OS/c12-7-3-1-2-6(4-7)9(19)18(16)10-17-8(5-20-10)11(13,14)15/h1-5H,16H2. The van der Waals surface area contributed by atoms with E-state index in [-0.39, 0.29) is 10.7 Å². The van der Waals surface area contributed by atoms with Gasteiger partial charge in [-0.15, -0.1) is 11.3 Å². The van der Waals surface area contributed by atoms with Crippen molar-refractivity contribution in [2.45, 2.75) is 6.18 Å². The third-order valence-electron chi connectivity index (χ3n) is 2.28. The van der Waals surface area contributed by atoms with E-state index in [0.29, 0.717) is 20.8 Å². The lowest BCUT2D eigenvalue weighted by atomic mass is 10.2. The first-order valence-corrected chi connectivity index (χ1v) is 6.84. The Morgan fingerprint density at radius 1 is 1.40 bits per heavy atom. The molecule has 2 N–H and O–H groups in total. The van der Waals surface area contributed by atoms with E-state index in [1.54, 1.807) is 12.1 Å². The molecular weight excluding hydrogens is 359 g/mol. The Morgan fingerprint density at radius 3 is 2.65 bits per heavy atom. The molecule has 0 aliphatic carbocycles. The molecule has 0 unspecified atom stereocenters. The number of carbonyl (C=O) groups is 1. The van der Waals surface area contributed by atoms with Crippen LogP contribution >= 0.6 is 27.3 Å². The van der Waals surface area contributed by atoms with Gasteiger partial charge in [0.25, 0.3) is 5.91 Å². The van der Waals surface area contributed by atoms with Crippen LogP contribution < -0.4 is 10.9 Å². The average molecular weight is 366 g/mol. The van der Waals surface area contributed by atoms with Crippen LogP contribution in [0.4, 0.5) is 18.3 Å². The van der Waals surface area contributed by atoms with Gasteiger partial charge in [-0.05, 0) is 18.2 Å². The van der Waals surface area contributed by atoms with Crippen LogP contribution in [0.1, 0.15) is 16.1 Å². The molecule has 0 saturated heterocycles. The van der Waals surface area contributed by atoms with Crippen LogP contribution in [0.3, 0.4) is 0 Å². The molecule has 4 nitrogen and oxygen atoms in total. The van der Waals surface area contributed by atoms with E-state index in [1.807, 2.05) is 0 Å². The van der Waals surface area contributed by atoms with E-state index in [4.69, 9.17) is 5.84 Å². The zero-order chi connectivity index (χ0) is 14.9. The summed E-state index contributed by atoms with van der Waals surface area (Å²) in [4.78, 5) is 15.3. The summed E-state index contributed by atoms with van der Waals surface area (Å²) >= 11 is 3.84. The highest BCUT2D eigenvalue weighted by molar-refractivity contribution is 9.10. The van der Waals surface area contributed by atoms with E-state index in [9.17, 15) is 18.0 Å². The number of hydrogen-bond acceptors (Lipinski definition) is 4. The lowest BCUT2D eigenvalue weighted by molar-refractivity contribution is -0.140. The summed E-state index contributed by atoms with van der Waals surface area (Å²) in [6.45, 7) is 0. The maximum absolute atomic E-state index is 12.4. The number of alkyl halides is 3. The molecule has 1 aromatic carbocycles. The molecule has 9 heteroatoms. The fraction of sp³-hybridized carbons (Fsp3) is 0.0909. The number of halogens is 4. The van der Waals surface area contributed by atoms with Gasteiger partial charge in [0.1, 0.15) is 0 Å². The van der Waals surface area contributed by atoms with E-state index in [0.717, 1.165) is 5.38 Å². The minimum atomic E-state index is -4.56. The Bertz CT molecular complexity index is 644. The Morgan fingerprint density at radius 2 is 2.10 bits per heavy atom. The summed E-state index contributed by atoms with van der Waals surface area (Å²) in [6.07, 6.45) is -4.56. The second kappa shape index (κ2) is 5.51. The van der Waals surface area contributed by atoms with Crippen molar-refractivity contribution in [1.82, 2.24) is 4.98 Å². The van der Waals surface area contributed by atoms with Gasteiger partial charge in [0.15, 0.2) is 5.69 Å². The number of nitrogens with zero attached hydrogens (tertiary/aromatic N) is 2. The number of rotatable bonds is 2. The molecule has 20 heavy (non-hydrogen) atoms. The van der Waals surface area contributed by atoms with Gasteiger partial charge in [0, 0.05) is 15.4 Å². The number of benzene rings is 1. The number of hydrogen-bond donors (Lipinski definition) is 1. The van der Waals surface area contributed by atoms with Crippen LogP contribution in [0.2, 0.25) is 0 Å². The number of aromatic nitrogens is 1. The van der Waals surface area contributed by atoms with Crippen molar-refractivity contribution in [3.63, 3.8) is 0 Å². The van der Waals surface area contributed by atoms with E-state index >= 15 is 0 Å². The highest BCUT2D eigenvalue weighted by Gasteiger charge is 2.34. The quantitative estimate of drug-likeness (QED) is 0.503. The molecule has 0 bridgehead atoms. The first-order chi connectivity index (χ1) is 9.29. The van der Waals surface area contributed by atoms with Crippen LogP contribution in [0, 0.1) is 0 Å². The van der Waals surface area contributed by atoms with Crippen LogP contribution in [-0.2, 0) is 6.18 Å². The molecule has 2 aromatic rings. The molecule has 0 aliphatic rings. The lowest BCUT2D eigenvalue weighted by Crippen LogP contribution is -2.37. The molecular formula is C11H7BrF3N3OS. The first-order valence-electron chi connectivity index (χ1n) is 5.16. The van der Waals surface area contributed by atoms with Crippen LogP contribution in [0.5, 0.6) is 0 Å². The minimum Gasteiger partial charge on any atom is -0.267 e. The van der Waals surface area contributed by atoms with Gasteiger partial charge in [0.2, 0.25) is 5.13 Å². The van der Waals surface area contributed by atoms with Crippen molar-refractivity contribution in [2.75, 3.05) is 5.01 Å². The Labute approximate surface area is 124 Å². The predicted molar refractivity (Wildman–Crippen MR) is 72.3 cm³/mol. The van der Waals surface area contributed by atoms with Crippen molar-refractivity contribution in [3.05, 3.63) is 45.4 Å². The lowest BCUT2D eigenvalue weighted by Gasteiger charge is -2.13. The summed E-state index contributed by atoms with van der Waals surface area (Å²) in [5.74, 6) is 4.88. The molecule has 106 valence electrons. The summed E-state index contributed by atoms with van der Waals surface area (Å²) in [6, 6.07) is 6.35. The third kappa shape index (κ3) is 3.17. The highest BCUT2D eigenvalue weighted by Crippen LogP contribution is 2.32. The zero-order valence-electron chi connectivity index (χ0n) is 9.69. The van der Waals surface area contributed by atoms with Gasteiger partial charge in [-0.2, -0.15) is 13.2 Å². The zero-order valence-corrected chi connectivity index (χ0v) is 12.1. The van der Waals surface area contributed by atoms with E-state index < -0.39 is 17.8 Å². The van der Waals surface area contributed by atoms with Crippen LogP contribution in [0.15, 0.2) is 34.1 Å². The second-order valence-corrected chi connectivity index (χ2v) is 5.45. The second-order valence-electron chi connectivity index (χ2n) is 3.70. The fourth-order valence-electron chi connectivity index (χ4n) is 1.35. The average Bonchev–Trinajstić information content (AvgIpc) is 2.86. The van der Waals surface area contributed by atoms with Gasteiger partial charge in [0.05, 0.1) is 0 Å². The van der Waals surface area contributed by atoms with E-state index in [1.165, 1.54) is 12.1 Å². The Kier molecular flexibility index (Phi) is 4.11. The number of amides is 1. The molecule has 0 radical (unpaired) electrons. The van der Waals surface area contributed by atoms with Gasteiger partial charge in [-0.1, -0.05) is 22.0 Å². The number of thiazole rings is 1. The minimum absolute atomic E-state index is 0.220. The highest BCUT2D eigenvalue weighted by atomic mass is 79.9. The Balaban J connectivity index is 2.25. The normalized spacial score (nSPS) is 11.4. The summed E-state index contributed by atoms with van der Waals surface area (Å²) in [5.41, 5.74) is -0.833. The predicted octanol–water partition coefficient (Wildman–Crippen LogP) is 3.44. The molecule has 0 saturated carbocycles. The molecule has 0 atom stereocenters. The van der Waals surface area contributed by atoms with E-state index in [2.05, 4.69) is 20.9 Å². The molecule has 0 spiro atoms. The Hall–Kier alpha value is -1.45. The van der Waals surface area contributed by atoms with Crippen molar-refractivity contribution in [2.24, 2.45) is 5.84 Å². The maximum Gasteiger partial charge on any atom is 0.434 e. The molecule has 1 aromatic heterocycles. The number of anilines is 1. The number of carbonyl (C=O) groups excluding carboxylic acids is 1. The van der Waals surface area contributed by atoms with Gasteiger partial charge < -0.3 is 0 Å². The summed E-state index contributed by atoms with van der Waals surface area (Å²) in [7, 11) is 0. The smallest absolute Gasteiger partial charge is 0.267 e. The topological polar surface area (TPSA) is 59.2 Å². The van der Waals surface area contributed by atoms with Crippen molar-refractivity contribution >= 4 is 38.3 Å². The molecule has 0 fully saturated rings. The third-order valence-corrected chi connectivity index (χ3v) is 3.61. The van der Waals surface area contributed by atoms with Crippen LogP contribution in [-0.4, -0.2) is 10.9 Å². The van der Waals surface area contributed by atoms with Crippen LogP contribution in [0.25, 0.3) is 0 Å². The molecule has 0 aliphatic heterocycles.